The molecule has 3 N–H and O–H groups in total. The summed E-state index contributed by atoms with van der Waals surface area (Å²) in [5.74, 6) is 0. The van der Waals surface area contributed by atoms with Crippen molar-refractivity contribution in [2.75, 3.05) is 57.7 Å². The highest BCUT2D eigenvalue weighted by atomic mass is 32.2. The first-order valence-corrected chi connectivity index (χ1v) is 16.5. The van der Waals surface area contributed by atoms with E-state index in [1.165, 1.54) is 17.7 Å². The van der Waals surface area contributed by atoms with Crippen molar-refractivity contribution in [3.63, 3.8) is 0 Å². The van der Waals surface area contributed by atoms with Crippen LogP contribution in [0.4, 0.5) is 5.69 Å². The van der Waals surface area contributed by atoms with E-state index in [0.717, 1.165) is 90.9 Å². The van der Waals surface area contributed by atoms with E-state index in [1.54, 1.807) is 0 Å². The minimum absolute atomic E-state index is 0.0428. The fraction of sp³-hybridized carbons (Fsp3) is 0.613. The minimum Gasteiger partial charge on any atom is -0.384 e. The number of piperidine rings is 1. The molecule has 2 aromatic rings. The molecular formula is C31H50N4O4S. The van der Waals surface area contributed by atoms with Crippen molar-refractivity contribution in [3.05, 3.63) is 66.2 Å². The number of hydrogen-bond donors (Lipinski definition) is 3. The lowest BCUT2D eigenvalue weighted by Gasteiger charge is -2.42. The Morgan fingerprint density at radius 3 is 2.12 bits per heavy atom. The first kappa shape index (κ1) is 32.5. The summed E-state index contributed by atoms with van der Waals surface area (Å²) in [6.07, 6.45) is 7.07. The van der Waals surface area contributed by atoms with Crippen LogP contribution in [0.15, 0.2) is 60.7 Å². The summed E-state index contributed by atoms with van der Waals surface area (Å²) in [6, 6.07) is 21.3. The standard InChI is InChI=1S/C25H37N3O.C6H13NO3S/c1-3-27(4-2)21-22-29-25(23-11-7-5-8-12-23)15-18-28(19-16-25)20-17-26-24-13-9-6-10-14-24;8-11(9,10)7-6-4-2-1-3-5-6/h5-14,26H,3-4,15-22H2,1-2H3;6-7H,1-5H2,(H,8,9,10). The Balaban J connectivity index is 0.000000336. The maximum atomic E-state index is 10.3. The number of ether oxygens (including phenoxy) is 1. The molecule has 4 rings (SSSR count). The van der Waals surface area contributed by atoms with Crippen LogP contribution in [-0.4, -0.2) is 81.2 Å². The quantitative estimate of drug-likeness (QED) is 0.285. The number of hydrogen-bond acceptors (Lipinski definition) is 6. The SMILES string of the molecule is CCN(CC)CCOC1(c2ccccc2)CCN(CCNc2ccccc2)CC1.O=S(=O)(O)NC1CCCCC1. The molecule has 1 heterocycles. The lowest BCUT2D eigenvalue weighted by Crippen LogP contribution is -2.46. The summed E-state index contributed by atoms with van der Waals surface area (Å²) in [6.45, 7) is 12.6. The molecule has 224 valence electrons. The van der Waals surface area contributed by atoms with Gasteiger partial charge in [0.2, 0.25) is 0 Å². The van der Waals surface area contributed by atoms with E-state index in [1.807, 2.05) is 0 Å². The molecule has 0 unspecified atom stereocenters. The van der Waals surface area contributed by atoms with Crippen molar-refractivity contribution in [3.8, 4) is 0 Å². The molecule has 0 amide bonds. The second-order valence-electron chi connectivity index (χ2n) is 10.8. The molecule has 8 nitrogen and oxygen atoms in total. The molecule has 9 heteroatoms. The van der Waals surface area contributed by atoms with E-state index in [9.17, 15) is 8.42 Å². The highest BCUT2D eigenvalue weighted by Crippen LogP contribution is 2.36. The van der Waals surface area contributed by atoms with Crippen molar-refractivity contribution < 1.29 is 17.7 Å². The third kappa shape index (κ3) is 11.5. The summed E-state index contributed by atoms with van der Waals surface area (Å²) in [4.78, 5) is 4.99. The normalized spacial score (nSPS) is 18.2. The molecule has 1 saturated carbocycles. The van der Waals surface area contributed by atoms with Crippen molar-refractivity contribution in [2.24, 2.45) is 0 Å². The zero-order valence-electron chi connectivity index (χ0n) is 24.4. The molecule has 0 atom stereocenters. The Kier molecular flexibility index (Phi) is 13.9. The lowest BCUT2D eigenvalue weighted by atomic mass is 9.84. The van der Waals surface area contributed by atoms with E-state index < -0.39 is 10.3 Å². The Morgan fingerprint density at radius 1 is 0.950 bits per heavy atom. The largest absolute Gasteiger partial charge is 0.384 e. The summed E-state index contributed by atoms with van der Waals surface area (Å²) in [5, 5.41) is 3.53. The highest BCUT2D eigenvalue weighted by molar-refractivity contribution is 7.83. The van der Waals surface area contributed by atoms with Gasteiger partial charge in [-0.3, -0.25) is 4.55 Å². The number of para-hydroxylation sites is 1. The van der Waals surface area contributed by atoms with Gasteiger partial charge in [0.25, 0.3) is 0 Å². The first-order chi connectivity index (χ1) is 19.3. The molecule has 2 aliphatic rings. The molecule has 0 aromatic heterocycles. The number of rotatable bonds is 13. The smallest absolute Gasteiger partial charge is 0.333 e. The van der Waals surface area contributed by atoms with Gasteiger partial charge in [0.15, 0.2) is 0 Å². The third-order valence-corrected chi connectivity index (χ3v) is 8.73. The maximum Gasteiger partial charge on any atom is 0.333 e. The summed E-state index contributed by atoms with van der Waals surface area (Å²) in [5.41, 5.74) is 2.39. The molecular weight excluding hydrogens is 524 g/mol. The van der Waals surface area contributed by atoms with Crippen LogP contribution in [-0.2, 0) is 20.6 Å². The molecule has 2 fully saturated rings. The monoisotopic (exact) mass is 574 g/mol. The lowest BCUT2D eigenvalue weighted by molar-refractivity contribution is -0.0936. The predicted octanol–water partition coefficient (Wildman–Crippen LogP) is 5.16. The molecule has 0 spiro atoms. The van der Waals surface area contributed by atoms with Gasteiger partial charge in [-0.25, -0.2) is 0 Å². The van der Waals surface area contributed by atoms with E-state index in [-0.39, 0.29) is 11.6 Å². The summed E-state index contributed by atoms with van der Waals surface area (Å²) < 4.78 is 37.9. The number of likely N-dealkylation sites (tertiary alicyclic amines) is 1. The fourth-order valence-corrected chi connectivity index (χ4v) is 6.31. The number of benzene rings is 2. The van der Waals surface area contributed by atoms with Gasteiger partial charge in [0, 0.05) is 44.5 Å². The van der Waals surface area contributed by atoms with E-state index in [2.05, 4.69) is 94.3 Å². The third-order valence-electron chi connectivity index (χ3n) is 8.10. The molecule has 2 aromatic carbocycles. The average molecular weight is 575 g/mol. The Morgan fingerprint density at radius 2 is 1.55 bits per heavy atom. The van der Waals surface area contributed by atoms with Crippen LogP contribution in [0.2, 0.25) is 0 Å². The second kappa shape index (κ2) is 17.1. The Labute approximate surface area is 242 Å². The van der Waals surface area contributed by atoms with Gasteiger partial charge >= 0.3 is 10.3 Å². The van der Waals surface area contributed by atoms with E-state index >= 15 is 0 Å². The minimum atomic E-state index is -3.97. The van der Waals surface area contributed by atoms with Crippen LogP contribution in [0.3, 0.4) is 0 Å². The van der Waals surface area contributed by atoms with Crippen LogP contribution in [0.1, 0.15) is 64.4 Å². The van der Waals surface area contributed by atoms with E-state index in [0.29, 0.717) is 0 Å². The predicted molar refractivity (Wildman–Crippen MR) is 164 cm³/mol. The molecule has 0 radical (unpaired) electrons. The molecule has 1 aliphatic heterocycles. The van der Waals surface area contributed by atoms with Crippen molar-refractivity contribution in [2.45, 2.75) is 70.4 Å². The summed E-state index contributed by atoms with van der Waals surface area (Å²) >= 11 is 0. The van der Waals surface area contributed by atoms with Crippen LogP contribution in [0.25, 0.3) is 0 Å². The zero-order valence-corrected chi connectivity index (χ0v) is 25.2. The van der Waals surface area contributed by atoms with Crippen LogP contribution in [0.5, 0.6) is 0 Å². The number of likely N-dealkylation sites (N-methyl/N-ethyl adjacent to an activating group) is 1. The molecule has 0 bridgehead atoms. The van der Waals surface area contributed by atoms with Crippen molar-refractivity contribution >= 4 is 16.0 Å². The zero-order chi connectivity index (χ0) is 28.7. The number of nitrogens with zero attached hydrogens (tertiary/aromatic N) is 2. The Hall–Kier alpha value is -2.01. The van der Waals surface area contributed by atoms with Crippen molar-refractivity contribution in [1.29, 1.82) is 0 Å². The molecule has 1 aliphatic carbocycles. The van der Waals surface area contributed by atoms with Gasteiger partial charge < -0.3 is 19.9 Å². The van der Waals surface area contributed by atoms with Gasteiger partial charge in [-0.1, -0.05) is 81.6 Å². The topological polar surface area (TPSA) is 94.1 Å². The molecule has 1 saturated heterocycles. The highest BCUT2D eigenvalue weighted by Gasteiger charge is 2.37. The fourth-order valence-electron chi connectivity index (χ4n) is 5.65. The van der Waals surface area contributed by atoms with Gasteiger partial charge in [0.1, 0.15) is 0 Å². The van der Waals surface area contributed by atoms with Gasteiger partial charge in [-0.2, -0.15) is 13.1 Å². The second-order valence-corrected chi connectivity index (χ2v) is 12.0. The first-order valence-electron chi connectivity index (χ1n) is 15.0. The van der Waals surface area contributed by atoms with E-state index in [4.69, 9.17) is 9.29 Å². The average Bonchev–Trinajstić information content (AvgIpc) is 2.97. The maximum absolute atomic E-state index is 10.3. The Bertz CT molecular complexity index is 1040. The summed E-state index contributed by atoms with van der Waals surface area (Å²) in [7, 11) is -3.97. The number of nitrogens with one attached hydrogen (secondary N) is 2. The molecule has 40 heavy (non-hydrogen) atoms. The van der Waals surface area contributed by atoms with Crippen LogP contribution >= 0.6 is 0 Å². The van der Waals surface area contributed by atoms with Crippen molar-refractivity contribution in [1.82, 2.24) is 14.5 Å². The van der Waals surface area contributed by atoms with Gasteiger partial charge in [-0.05, 0) is 56.5 Å². The van der Waals surface area contributed by atoms with Gasteiger partial charge in [-0.15, -0.1) is 0 Å². The van der Waals surface area contributed by atoms with Gasteiger partial charge in [0.05, 0.1) is 12.2 Å². The van der Waals surface area contributed by atoms with Crippen LogP contribution < -0.4 is 10.0 Å². The number of anilines is 1. The van der Waals surface area contributed by atoms with Crippen LogP contribution in [0, 0.1) is 0 Å².